The third-order valence-electron chi connectivity index (χ3n) is 2.39. The first-order valence-corrected chi connectivity index (χ1v) is 6.16. The fourth-order valence-corrected chi connectivity index (χ4v) is 2.15. The van der Waals surface area contributed by atoms with Gasteiger partial charge in [-0.1, -0.05) is 23.2 Å². The molecule has 19 heavy (non-hydrogen) atoms. The summed E-state index contributed by atoms with van der Waals surface area (Å²) in [6.45, 7) is 1.69. The summed E-state index contributed by atoms with van der Waals surface area (Å²) in [6, 6.07) is 2.64. The third kappa shape index (κ3) is 3.32. The lowest BCUT2D eigenvalue weighted by Gasteiger charge is -2.16. The fourth-order valence-electron chi connectivity index (χ4n) is 1.47. The Morgan fingerprint density at radius 1 is 1.32 bits per heavy atom. The van der Waals surface area contributed by atoms with E-state index >= 15 is 0 Å². The zero-order chi connectivity index (χ0) is 13.8. The number of nitrogens with one attached hydrogen (secondary N) is 1. The Kier molecular flexibility index (Phi) is 4.52. The molecule has 0 aliphatic rings. The van der Waals surface area contributed by atoms with E-state index < -0.39 is 11.9 Å². The van der Waals surface area contributed by atoms with E-state index in [1.54, 1.807) is 6.92 Å². The number of nitrogens with zero attached hydrogens (tertiary/aromatic N) is 2. The maximum Gasteiger partial charge on any atom is 0.168 e. The maximum atomic E-state index is 13.4. The molecule has 0 aliphatic heterocycles. The van der Waals surface area contributed by atoms with Gasteiger partial charge in [0.2, 0.25) is 0 Å². The molecule has 0 bridgehead atoms. The molecule has 1 heterocycles. The van der Waals surface area contributed by atoms with E-state index in [-0.39, 0.29) is 5.02 Å². The number of halogens is 3. The Morgan fingerprint density at radius 3 is 2.79 bits per heavy atom. The number of anilines is 1. The van der Waals surface area contributed by atoms with Gasteiger partial charge in [-0.05, 0) is 19.1 Å². The summed E-state index contributed by atoms with van der Waals surface area (Å²) in [5.41, 5.74) is 2.98. The van der Waals surface area contributed by atoms with Crippen LogP contribution in [0.15, 0.2) is 30.7 Å². The van der Waals surface area contributed by atoms with Gasteiger partial charge in [-0.25, -0.2) is 14.9 Å². The van der Waals surface area contributed by atoms with Gasteiger partial charge >= 0.3 is 0 Å². The van der Waals surface area contributed by atoms with Crippen LogP contribution in [0.4, 0.5) is 10.2 Å². The first-order valence-electron chi connectivity index (χ1n) is 5.40. The molecule has 100 valence electrons. The van der Waals surface area contributed by atoms with Crippen LogP contribution in [0.1, 0.15) is 18.6 Å². The molecule has 1 unspecified atom stereocenters. The van der Waals surface area contributed by atoms with Crippen LogP contribution in [-0.2, 0) is 4.84 Å². The summed E-state index contributed by atoms with van der Waals surface area (Å²) in [7, 11) is 0. The molecule has 0 aliphatic carbocycles. The number of benzene rings is 1. The summed E-state index contributed by atoms with van der Waals surface area (Å²) in [5.74, 6) is -0.117. The third-order valence-corrected chi connectivity index (χ3v) is 3.10. The number of aromatic nitrogens is 2. The summed E-state index contributed by atoms with van der Waals surface area (Å²) in [6.07, 6.45) is 3.98. The van der Waals surface area contributed by atoms with Crippen molar-refractivity contribution < 1.29 is 9.23 Å². The normalized spacial score (nSPS) is 12.2. The summed E-state index contributed by atoms with van der Waals surface area (Å²) in [5, 5.41) is 0.279. The van der Waals surface area contributed by atoms with Crippen LogP contribution in [0.5, 0.6) is 0 Å². The second kappa shape index (κ2) is 6.14. The highest BCUT2D eigenvalue weighted by atomic mass is 35.5. The molecule has 0 radical (unpaired) electrons. The topological polar surface area (TPSA) is 47.0 Å². The van der Waals surface area contributed by atoms with E-state index in [4.69, 9.17) is 28.0 Å². The highest BCUT2D eigenvalue weighted by Gasteiger charge is 2.18. The van der Waals surface area contributed by atoms with E-state index in [0.29, 0.717) is 16.4 Å². The Labute approximate surface area is 119 Å². The van der Waals surface area contributed by atoms with Crippen molar-refractivity contribution in [1.29, 1.82) is 0 Å². The molecule has 7 heteroatoms. The molecule has 1 N–H and O–H groups in total. The smallest absolute Gasteiger partial charge is 0.168 e. The summed E-state index contributed by atoms with van der Waals surface area (Å²) < 4.78 is 13.4. The van der Waals surface area contributed by atoms with Gasteiger partial charge in [-0.2, -0.15) is 0 Å². The Hall–Kier alpha value is -1.43. The van der Waals surface area contributed by atoms with Crippen LogP contribution in [0.25, 0.3) is 0 Å². The zero-order valence-corrected chi connectivity index (χ0v) is 11.4. The van der Waals surface area contributed by atoms with Crippen molar-refractivity contribution in [2.24, 2.45) is 0 Å². The van der Waals surface area contributed by atoms with Crippen molar-refractivity contribution >= 4 is 29.0 Å². The largest absolute Gasteiger partial charge is 0.267 e. The van der Waals surface area contributed by atoms with Gasteiger partial charge in [0, 0.05) is 23.0 Å². The van der Waals surface area contributed by atoms with Crippen molar-refractivity contribution in [3.05, 3.63) is 52.1 Å². The van der Waals surface area contributed by atoms with Crippen molar-refractivity contribution in [3.8, 4) is 0 Å². The van der Waals surface area contributed by atoms with Gasteiger partial charge in [-0.15, -0.1) is 0 Å². The lowest BCUT2D eigenvalue weighted by Crippen LogP contribution is -2.09. The van der Waals surface area contributed by atoms with Gasteiger partial charge < -0.3 is 0 Å². The predicted molar refractivity (Wildman–Crippen MR) is 71.6 cm³/mol. The van der Waals surface area contributed by atoms with Crippen LogP contribution in [0.3, 0.4) is 0 Å². The molecule has 4 nitrogen and oxygen atoms in total. The standard InChI is InChI=1S/C12H10Cl2FN3O/c1-7(19-18-10-6-16-4-5-17-10)11-8(13)2-3-9(15)12(11)14/h2-7H,1H3,(H,17,18). The molecule has 0 spiro atoms. The maximum absolute atomic E-state index is 13.4. The monoisotopic (exact) mass is 301 g/mol. The Balaban J connectivity index is 2.12. The second-order valence-corrected chi connectivity index (χ2v) is 4.49. The van der Waals surface area contributed by atoms with Crippen LogP contribution in [-0.4, -0.2) is 9.97 Å². The van der Waals surface area contributed by atoms with Crippen LogP contribution < -0.4 is 5.48 Å². The number of hydrogen-bond acceptors (Lipinski definition) is 4. The van der Waals surface area contributed by atoms with Crippen LogP contribution in [0.2, 0.25) is 10.0 Å². The van der Waals surface area contributed by atoms with E-state index in [9.17, 15) is 4.39 Å². The van der Waals surface area contributed by atoms with Crippen LogP contribution in [0, 0.1) is 5.82 Å². The summed E-state index contributed by atoms with van der Waals surface area (Å²) in [4.78, 5) is 13.2. The first-order chi connectivity index (χ1) is 9.09. The average Bonchev–Trinajstić information content (AvgIpc) is 2.42. The van der Waals surface area contributed by atoms with Crippen molar-refractivity contribution in [3.63, 3.8) is 0 Å². The Morgan fingerprint density at radius 2 is 2.11 bits per heavy atom. The minimum atomic E-state index is -0.558. The lowest BCUT2D eigenvalue weighted by atomic mass is 10.1. The van der Waals surface area contributed by atoms with Crippen molar-refractivity contribution in [2.75, 3.05) is 5.48 Å². The quantitative estimate of drug-likeness (QED) is 0.684. The molecule has 1 aromatic carbocycles. The lowest BCUT2D eigenvalue weighted by molar-refractivity contribution is 0.115. The average molecular weight is 302 g/mol. The first kappa shape index (κ1) is 14.0. The number of rotatable bonds is 4. The number of hydrogen-bond donors (Lipinski definition) is 1. The molecule has 0 saturated heterocycles. The SMILES string of the molecule is CC(ONc1cnccn1)c1c(Cl)ccc(F)c1Cl. The molecule has 0 saturated carbocycles. The minimum absolute atomic E-state index is 0.0547. The second-order valence-electron chi connectivity index (χ2n) is 3.71. The Bertz CT molecular complexity index is 568. The summed E-state index contributed by atoms with van der Waals surface area (Å²) >= 11 is 11.9. The van der Waals surface area contributed by atoms with Gasteiger partial charge in [0.05, 0.1) is 11.2 Å². The molecule has 1 atom stereocenters. The van der Waals surface area contributed by atoms with Crippen molar-refractivity contribution in [2.45, 2.75) is 13.0 Å². The van der Waals surface area contributed by atoms with Gasteiger partial charge in [0.25, 0.3) is 0 Å². The highest BCUT2D eigenvalue weighted by molar-refractivity contribution is 6.36. The fraction of sp³-hybridized carbons (Fsp3) is 0.167. The molecule has 2 rings (SSSR count). The van der Waals surface area contributed by atoms with E-state index in [1.165, 1.54) is 30.7 Å². The van der Waals surface area contributed by atoms with E-state index in [0.717, 1.165) is 0 Å². The molecule has 2 aromatic rings. The molecular formula is C12H10Cl2FN3O. The predicted octanol–water partition coefficient (Wildman–Crippen LogP) is 4.03. The molecular weight excluding hydrogens is 292 g/mol. The molecule has 0 amide bonds. The molecule has 0 fully saturated rings. The van der Waals surface area contributed by atoms with Gasteiger partial charge in [-0.3, -0.25) is 9.82 Å². The van der Waals surface area contributed by atoms with E-state index in [2.05, 4.69) is 15.4 Å². The highest BCUT2D eigenvalue weighted by Crippen LogP contribution is 2.33. The van der Waals surface area contributed by atoms with E-state index in [1.807, 2.05) is 0 Å². The minimum Gasteiger partial charge on any atom is -0.267 e. The van der Waals surface area contributed by atoms with Gasteiger partial charge in [0.15, 0.2) is 5.82 Å². The van der Waals surface area contributed by atoms with Crippen molar-refractivity contribution in [1.82, 2.24) is 9.97 Å². The van der Waals surface area contributed by atoms with Crippen LogP contribution >= 0.6 is 23.2 Å². The van der Waals surface area contributed by atoms with Gasteiger partial charge in [0.1, 0.15) is 11.9 Å². The zero-order valence-electron chi connectivity index (χ0n) is 9.90. The molecule has 1 aromatic heterocycles.